The van der Waals surface area contributed by atoms with E-state index in [-0.39, 0.29) is 49.1 Å². The minimum Gasteiger partial charge on any atom is -0.383 e. The Balaban J connectivity index is 1.54. The lowest BCUT2D eigenvalue weighted by Crippen LogP contribution is -2.47. The summed E-state index contributed by atoms with van der Waals surface area (Å²) in [6.45, 7) is 1.38. The lowest BCUT2D eigenvalue weighted by Gasteiger charge is -2.35. The van der Waals surface area contributed by atoms with Gasteiger partial charge in [0.15, 0.2) is 0 Å². The van der Waals surface area contributed by atoms with Crippen LogP contribution in [0.1, 0.15) is 18.4 Å². The second-order valence-electron chi connectivity index (χ2n) is 7.00. The van der Waals surface area contributed by atoms with Crippen LogP contribution in [0.2, 0.25) is 0 Å². The third kappa shape index (κ3) is 4.79. The first kappa shape index (κ1) is 20.9. The molecule has 0 aromatic heterocycles. The number of likely N-dealkylation sites (tertiary alicyclic amines) is 1. The summed E-state index contributed by atoms with van der Waals surface area (Å²) in [7, 11) is 1.51. The maximum Gasteiger partial charge on any atom is 0.327 e. The van der Waals surface area contributed by atoms with Gasteiger partial charge < -0.3 is 14.5 Å². The van der Waals surface area contributed by atoms with Crippen molar-refractivity contribution in [2.75, 3.05) is 39.9 Å². The number of nitrogens with zero attached hydrogens (tertiary/aromatic N) is 3. The third-order valence-corrected chi connectivity index (χ3v) is 5.18. The first-order valence-electron chi connectivity index (χ1n) is 9.42. The normalized spacial score (nSPS) is 18.4. The van der Waals surface area contributed by atoms with E-state index in [1.165, 1.54) is 24.2 Å². The molecule has 2 aliphatic heterocycles. The summed E-state index contributed by atoms with van der Waals surface area (Å²) in [4.78, 5) is 41.2. The average Bonchev–Trinajstić information content (AvgIpc) is 3.00. The van der Waals surface area contributed by atoms with Gasteiger partial charge in [0.2, 0.25) is 11.8 Å². The number of carbonyl (C=O) groups excluding carboxylic acids is 3. The van der Waals surface area contributed by atoms with Crippen LogP contribution < -0.4 is 0 Å². The summed E-state index contributed by atoms with van der Waals surface area (Å²) in [5.41, 5.74) is 0.00515. The number of amides is 4. The van der Waals surface area contributed by atoms with Crippen LogP contribution in [0, 0.1) is 11.6 Å². The monoisotopic (exact) mass is 407 g/mol. The minimum atomic E-state index is -0.607. The topological polar surface area (TPSA) is 70.2 Å². The summed E-state index contributed by atoms with van der Waals surface area (Å²) in [6.07, 6.45) is 3.56. The van der Waals surface area contributed by atoms with Crippen molar-refractivity contribution in [3.05, 3.63) is 41.5 Å². The number of methoxy groups -OCH3 is 1. The lowest BCUT2D eigenvalue weighted by atomic mass is 10.0. The lowest BCUT2D eigenvalue weighted by molar-refractivity contribution is -0.128. The summed E-state index contributed by atoms with van der Waals surface area (Å²) < 4.78 is 31.8. The Morgan fingerprint density at radius 3 is 2.66 bits per heavy atom. The summed E-state index contributed by atoms with van der Waals surface area (Å²) in [5.74, 6) is -1.74. The van der Waals surface area contributed by atoms with E-state index in [1.807, 2.05) is 0 Å². The molecule has 2 aliphatic rings. The van der Waals surface area contributed by atoms with Gasteiger partial charge in [0, 0.05) is 37.9 Å². The number of rotatable bonds is 6. The Morgan fingerprint density at radius 1 is 1.24 bits per heavy atom. The molecule has 2 saturated heterocycles. The van der Waals surface area contributed by atoms with Crippen molar-refractivity contribution in [1.29, 1.82) is 0 Å². The summed E-state index contributed by atoms with van der Waals surface area (Å²) in [5, 5.41) is 0. The fourth-order valence-corrected chi connectivity index (χ4v) is 3.56. The van der Waals surface area contributed by atoms with Crippen LogP contribution in [0.3, 0.4) is 0 Å². The van der Waals surface area contributed by atoms with Crippen LogP contribution in [0.25, 0.3) is 6.08 Å². The van der Waals surface area contributed by atoms with E-state index in [2.05, 4.69) is 0 Å². The first-order valence-corrected chi connectivity index (χ1v) is 9.42. The number of imide groups is 1. The van der Waals surface area contributed by atoms with Gasteiger partial charge in [0.05, 0.1) is 13.2 Å². The molecule has 2 heterocycles. The summed E-state index contributed by atoms with van der Waals surface area (Å²) >= 11 is 0. The Labute approximate surface area is 167 Å². The van der Waals surface area contributed by atoms with E-state index in [0.717, 1.165) is 18.2 Å². The molecule has 7 nitrogen and oxygen atoms in total. The molecule has 156 valence electrons. The SMILES string of the molecule is COCCN1C(=O)CN(C2CCN(C(=O)/C=C/c3cc(F)ccc3F)CC2)C1=O. The second kappa shape index (κ2) is 9.13. The Bertz CT molecular complexity index is 822. The quantitative estimate of drug-likeness (QED) is 0.533. The number of urea groups is 1. The highest BCUT2D eigenvalue weighted by Gasteiger charge is 2.40. The Morgan fingerprint density at radius 2 is 1.97 bits per heavy atom. The number of carbonyl (C=O) groups is 3. The molecule has 0 radical (unpaired) electrons. The van der Waals surface area contributed by atoms with Gasteiger partial charge in [-0.2, -0.15) is 0 Å². The van der Waals surface area contributed by atoms with Gasteiger partial charge in [-0.3, -0.25) is 14.5 Å². The molecular weight excluding hydrogens is 384 g/mol. The molecule has 29 heavy (non-hydrogen) atoms. The molecule has 1 aromatic carbocycles. The molecule has 0 saturated carbocycles. The van der Waals surface area contributed by atoms with Crippen molar-refractivity contribution in [1.82, 2.24) is 14.7 Å². The number of hydrogen-bond acceptors (Lipinski definition) is 4. The largest absolute Gasteiger partial charge is 0.383 e. The van der Waals surface area contributed by atoms with Gasteiger partial charge >= 0.3 is 6.03 Å². The van der Waals surface area contributed by atoms with E-state index in [1.54, 1.807) is 9.80 Å². The Kier molecular flexibility index (Phi) is 6.58. The number of hydrogen-bond donors (Lipinski definition) is 0. The van der Waals surface area contributed by atoms with Crippen molar-refractivity contribution in [2.45, 2.75) is 18.9 Å². The molecule has 0 unspecified atom stereocenters. The molecular formula is C20H23F2N3O4. The van der Waals surface area contributed by atoms with Gasteiger partial charge in [0.25, 0.3) is 0 Å². The van der Waals surface area contributed by atoms with Gasteiger partial charge in [-0.15, -0.1) is 0 Å². The maximum atomic E-state index is 13.6. The van der Waals surface area contributed by atoms with E-state index >= 15 is 0 Å². The minimum absolute atomic E-state index is 0.00515. The fraction of sp³-hybridized carbons (Fsp3) is 0.450. The van der Waals surface area contributed by atoms with Crippen molar-refractivity contribution < 1.29 is 27.9 Å². The van der Waals surface area contributed by atoms with Crippen molar-refractivity contribution in [3.8, 4) is 0 Å². The number of halogens is 2. The number of ether oxygens (including phenoxy) is 1. The zero-order chi connectivity index (χ0) is 21.0. The maximum absolute atomic E-state index is 13.6. The van der Waals surface area contributed by atoms with E-state index in [0.29, 0.717) is 25.9 Å². The van der Waals surface area contributed by atoms with Gasteiger partial charge in [-0.1, -0.05) is 0 Å². The number of benzene rings is 1. The molecule has 4 amide bonds. The Hall–Kier alpha value is -2.81. The molecule has 0 aliphatic carbocycles. The first-order chi connectivity index (χ1) is 13.9. The van der Waals surface area contributed by atoms with Crippen molar-refractivity contribution in [3.63, 3.8) is 0 Å². The van der Waals surface area contributed by atoms with Gasteiger partial charge in [-0.05, 0) is 37.1 Å². The van der Waals surface area contributed by atoms with E-state index in [4.69, 9.17) is 4.74 Å². The van der Waals surface area contributed by atoms with Crippen LogP contribution in [0.5, 0.6) is 0 Å². The highest BCUT2D eigenvalue weighted by molar-refractivity contribution is 6.02. The highest BCUT2D eigenvalue weighted by atomic mass is 19.1. The molecule has 1 aromatic rings. The smallest absolute Gasteiger partial charge is 0.327 e. The van der Waals surface area contributed by atoms with Crippen LogP contribution in [-0.2, 0) is 14.3 Å². The van der Waals surface area contributed by atoms with E-state index in [9.17, 15) is 23.2 Å². The van der Waals surface area contributed by atoms with Crippen LogP contribution >= 0.6 is 0 Å². The average molecular weight is 407 g/mol. The molecule has 3 rings (SSSR count). The molecule has 0 spiro atoms. The molecule has 2 fully saturated rings. The number of piperidine rings is 1. The van der Waals surface area contributed by atoms with Crippen molar-refractivity contribution >= 4 is 23.9 Å². The van der Waals surface area contributed by atoms with E-state index < -0.39 is 11.6 Å². The molecule has 0 N–H and O–H groups in total. The van der Waals surface area contributed by atoms with Crippen LogP contribution in [0.15, 0.2) is 24.3 Å². The highest BCUT2D eigenvalue weighted by Crippen LogP contribution is 2.22. The predicted octanol–water partition coefficient (Wildman–Crippen LogP) is 1.88. The second-order valence-corrected chi connectivity index (χ2v) is 7.00. The zero-order valence-electron chi connectivity index (χ0n) is 16.1. The third-order valence-electron chi connectivity index (χ3n) is 5.18. The zero-order valence-corrected chi connectivity index (χ0v) is 16.1. The van der Waals surface area contributed by atoms with Crippen LogP contribution in [-0.4, -0.2) is 78.5 Å². The molecule has 9 heteroatoms. The summed E-state index contributed by atoms with van der Waals surface area (Å²) in [6, 6.07) is 2.61. The predicted molar refractivity (Wildman–Crippen MR) is 101 cm³/mol. The van der Waals surface area contributed by atoms with Crippen LogP contribution in [0.4, 0.5) is 13.6 Å². The molecule has 0 atom stereocenters. The molecule has 0 bridgehead atoms. The van der Waals surface area contributed by atoms with Crippen molar-refractivity contribution in [2.24, 2.45) is 0 Å². The fourth-order valence-electron chi connectivity index (χ4n) is 3.56. The van der Waals surface area contributed by atoms with Gasteiger partial charge in [0.1, 0.15) is 18.2 Å². The van der Waals surface area contributed by atoms with Gasteiger partial charge in [-0.25, -0.2) is 13.6 Å². The standard InChI is InChI=1S/C20H23F2N3O4/c1-29-11-10-24-19(27)13-25(20(24)28)16-6-8-23(9-7-16)18(26)5-2-14-12-15(21)3-4-17(14)22/h2-5,12,16H,6-11,13H2,1H3/b5-2+.